The molecule has 1 heterocycles. The lowest BCUT2D eigenvalue weighted by Gasteiger charge is -2.07. The molecule has 0 atom stereocenters. The van der Waals surface area contributed by atoms with Gasteiger partial charge in [-0.15, -0.1) is 0 Å². The zero-order chi connectivity index (χ0) is 13.3. The third-order valence-corrected chi connectivity index (χ3v) is 3.26. The molecular formula is C11H8Cl3N3O. The second-order valence-electron chi connectivity index (χ2n) is 3.65. The zero-order valence-electron chi connectivity index (χ0n) is 9.01. The fraction of sp³-hybridized carbons (Fsp3) is 0.0909. The topological polar surface area (TPSA) is 71.8 Å². The third-order valence-electron chi connectivity index (χ3n) is 2.37. The number of nitrogens with one attached hydrogen (secondary N) is 1. The van der Waals surface area contributed by atoms with Gasteiger partial charge in [-0.25, -0.2) is 4.98 Å². The summed E-state index contributed by atoms with van der Waals surface area (Å²) in [5, 5.41) is 1.26. The van der Waals surface area contributed by atoms with Crippen LogP contribution in [-0.4, -0.2) is 9.97 Å². The predicted molar refractivity (Wildman–Crippen MR) is 73.5 cm³/mol. The molecule has 0 amide bonds. The Labute approximate surface area is 118 Å². The number of hydrogen-bond donors (Lipinski definition) is 2. The Bertz CT molecular complexity index is 631. The molecule has 0 aliphatic rings. The summed E-state index contributed by atoms with van der Waals surface area (Å²) >= 11 is 17.9. The van der Waals surface area contributed by atoms with Crippen LogP contribution < -0.4 is 11.3 Å². The molecule has 0 aliphatic heterocycles. The number of nitrogens with two attached hydrogens (primary N) is 1. The van der Waals surface area contributed by atoms with E-state index in [1.807, 2.05) is 0 Å². The van der Waals surface area contributed by atoms with Crippen LogP contribution >= 0.6 is 34.8 Å². The Morgan fingerprint density at radius 3 is 2.39 bits per heavy atom. The quantitative estimate of drug-likeness (QED) is 0.896. The van der Waals surface area contributed by atoms with Crippen LogP contribution in [0.2, 0.25) is 15.1 Å². The smallest absolute Gasteiger partial charge is 0.255 e. The first-order chi connectivity index (χ1) is 8.47. The van der Waals surface area contributed by atoms with E-state index in [-0.39, 0.29) is 17.9 Å². The van der Waals surface area contributed by atoms with Gasteiger partial charge >= 0.3 is 0 Å². The van der Waals surface area contributed by atoms with Gasteiger partial charge in [0.1, 0.15) is 0 Å². The van der Waals surface area contributed by atoms with E-state index in [9.17, 15) is 4.79 Å². The number of H-pyrrole nitrogens is 1. The summed E-state index contributed by atoms with van der Waals surface area (Å²) in [6.07, 6.45) is 1.66. The molecule has 94 valence electrons. The molecule has 3 N–H and O–H groups in total. The van der Waals surface area contributed by atoms with Crippen molar-refractivity contribution < 1.29 is 0 Å². The molecule has 7 heteroatoms. The average Bonchev–Trinajstić information content (AvgIpc) is 2.25. The molecule has 18 heavy (non-hydrogen) atoms. The minimum atomic E-state index is -0.315. The number of nitrogen functional groups attached to an aromatic ring is 1. The molecule has 0 saturated carbocycles. The van der Waals surface area contributed by atoms with Crippen molar-refractivity contribution >= 4 is 40.8 Å². The van der Waals surface area contributed by atoms with E-state index in [0.717, 1.165) is 0 Å². The van der Waals surface area contributed by atoms with Gasteiger partial charge in [-0.3, -0.25) is 9.78 Å². The summed E-state index contributed by atoms with van der Waals surface area (Å²) in [7, 11) is 0. The fourth-order valence-corrected chi connectivity index (χ4v) is 2.44. The van der Waals surface area contributed by atoms with Crippen molar-refractivity contribution in [3.8, 4) is 0 Å². The number of anilines is 1. The zero-order valence-corrected chi connectivity index (χ0v) is 11.3. The first kappa shape index (κ1) is 13.2. The first-order valence-electron chi connectivity index (χ1n) is 4.94. The molecule has 1 aromatic heterocycles. The van der Waals surface area contributed by atoms with Gasteiger partial charge in [-0.1, -0.05) is 34.8 Å². The van der Waals surface area contributed by atoms with E-state index in [1.54, 1.807) is 12.1 Å². The van der Waals surface area contributed by atoms with Gasteiger partial charge in [-0.05, 0) is 17.7 Å². The van der Waals surface area contributed by atoms with E-state index in [2.05, 4.69) is 9.97 Å². The summed E-state index contributed by atoms with van der Waals surface area (Å²) < 4.78 is 0. The normalized spacial score (nSPS) is 10.6. The van der Waals surface area contributed by atoms with Gasteiger partial charge in [0.2, 0.25) is 0 Å². The highest BCUT2D eigenvalue weighted by atomic mass is 35.5. The molecule has 0 aliphatic carbocycles. The lowest BCUT2D eigenvalue weighted by atomic mass is 10.1. The highest BCUT2D eigenvalue weighted by molar-refractivity contribution is 6.39. The maximum absolute atomic E-state index is 11.6. The molecule has 2 aromatic rings. The van der Waals surface area contributed by atoms with Gasteiger partial charge in [0.05, 0.1) is 0 Å². The number of rotatable bonds is 2. The monoisotopic (exact) mass is 303 g/mol. The molecule has 2 rings (SSSR count). The molecule has 0 spiro atoms. The van der Waals surface area contributed by atoms with Crippen molar-refractivity contribution in [2.24, 2.45) is 0 Å². The SMILES string of the molecule is Nc1ncc(Cc2c(Cl)cc(Cl)cc2Cl)c(=O)[nH]1. The van der Waals surface area contributed by atoms with Gasteiger partial charge in [0, 0.05) is 33.2 Å². The number of hydrogen-bond acceptors (Lipinski definition) is 3. The number of halogens is 3. The largest absolute Gasteiger partial charge is 0.369 e. The van der Waals surface area contributed by atoms with Crippen molar-refractivity contribution in [1.29, 1.82) is 0 Å². The van der Waals surface area contributed by atoms with E-state index >= 15 is 0 Å². The Morgan fingerprint density at radius 1 is 1.22 bits per heavy atom. The number of nitrogens with zero attached hydrogens (tertiary/aromatic N) is 1. The molecule has 0 unspecified atom stereocenters. The standard InChI is InChI=1S/C11H8Cl3N3O/c12-6-2-8(13)7(9(14)3-6)1-5-4-16-11(15)17-10(5)18/h2-4H,1H2,(H3,15,16,17,18). The summed E-state index contributed by atoms with van der Waals surface area (Å²) in [6, 6.07) is 3.15. The van der Waals surface area contributed by atoms with E-state index in [0.29, 0.717) is 26.2 Å². The van der Waals surface area contributed by atoms with Gasteiger partial charge in [0.25, 0.3) is 5.56 Å². The molecule has 0 saturated heterocycles. The van der Waals surface area contributed by atoms with Crippen molar-refractivity contribution in [3.63, 3.8) is 0 Å². The Balaban J connectivity index is 2.43. The molecule has 4 nitrogen and oxygen atoms in total. The Kier molecular flexibility index (Phi) is 3.80. The van der Waals surface area contributed by atoms with E-state index in [4.69, 9.17) is 40.5 Å². The van der Waals surface area contributed by atoms with Crippen molar-refractivity contribution in [2.45, 2.75) is 6.42 Å². The average molecular weight is 305 g/mol. The molecular weight excluding hydrogens is 296 g/mol. The first-order valence-corrected chi connectivity index (χ1v) is 6.08. The van der Waals surface area contributed by atoms with Crippen LogP contribution in [0.3, 0.4) is 0 Å². The second kappa shape index (κ2) is 5.18. The molecule has 0 fully saturated rings. The van der Waals surface area contributed by atoms with Crippen molar-refractivity contribution in [1.82, 2.24) is 9.97 Å². The Morgan fingerprint density at radius 2 is 1.83 bits per heavy atom. The number of aromatic nitrogens is 2. The maximum Gasteiger partial charge on any atom is 0.255 e. The van der Waals surface area contributed by atoms with E-state index in [1.165, 1.54) is 6.20 Å². The van der Waals surface area contributed by atoms with Crippen LogP contribution in [0.5, 0.6) is 0 Å². The van der Waals surface area contributed by atoms with Crippen molar-refractivity contribution in [2.75, 3.05) is 5.73 Å². The summed E-state index contributed by atoms with van der Waals surface area (Å²) in [5.74, 6) is 0.0667. The predicted octanol–water partition coefficient (Wildman–Crippen LogP) is 2.90. The van der Waals surface area contributed by atoms with Crippen LogP contribution in [0.25, 0.3) is 0 Å². The summed E-state index contributed by atoms with van der Waals surface area (Å²) in [4.78, 5) is 17.9. The highest BCUT2D eigenvalue weighted by Gasteiger charge is 2.11. The Hall–Kier alpha value is -1.23. The second-order valence-corrected chi connectivity index (χ2v) is 4.90. The lowest BCUT2D eigenvalue weighted by Crippen LogP contribution is -2.16. The van der Waals surface area contributed by atoms with Crippen LogP contribution in [0.4, 0.5) is 5.95 Å². The molecule has 0 radical (unpaired) electrons. The van der Waals surface area contributed by atoms with Crippen molar-refractivity contribution in [3.05, 3.63) is 54.9 Å². The number of aromatic amines is 1. The van der Waals surface area contributed by atoms with Crippen LogP contribution in [0.1, 0.15) is 11.1 Å². The highest BCUT2D eigenvalue weighted by Crippen LogP contribution is 2.30. The van der Waals surface area contributed by atoms with Crippen LogP contribution in [0.15, 0.2) is 23.1 Å². The van der Waals surface area contributed by atoms with Crippen LogP contribution in [0, 0.1) is 0 Å². The summed E-state index contributed by atoms with van der Waals surface area (Å²) in [6.45, 7) is 0. The van der Waals surface area contributed by atoms with Gasteiger partial charge in [-0.2, -0.15) is 0 Å². The minimum absolute atomic E-state index is 0.0667. The van der Waals surface area contributed by atoms with Gasteiger partial charge < -0.3 is 5.73 Å². The van der Waals surface area contributed by atoms with E-state index < -0.39 is 0 Å². The molecule has 0 bridgehead atoms. The number of benzene rings is 1. The third kappa shape index (κ3) is 2.77. The lowest BCUT2D eigenvalue weighted by molar-refractivity contribution is 1.04. The van der Waals surface area contributed by atoms with Gasteiger partial charge in [0.15, 0.2) is 5.95 Å². The minimum Gasteiger partial charge on any atom is -0.369 e. The summed E-state index contributed by atoms with van der Waals surface area (Å²) in [5.41, 5.74) is 6.10. The molecule has 1 aromatic carbocycles. The van der Waals surface area contributed by atoms with Crippen LogP contribution in [-0.2, 0) is 6.42 Å². The fourth-order valence-electron chi connectivity index (χ4n) is 1.49. The maximum atomic E-state index is 11.6.